The third-order valence-corrected chi connectivity index (χ3v) is 5.28. The Hall–Kier alpha value is -2.97. The van der Waals surface area contributed by atoms with Crippen LogP contribution in [0.1, 0.15) is 5.56 Å². The molecule has 8 heteroatoms. The largest absolute Gasteiger partial charge is 0.370 e. The summed E-state index contributed by atoms with van der Waals surface area (Å²) in [6.45, 7) is 0. The predicted molar refractivity (Wildman–Crippen MR) is 90.2 cm³/mol. The van der Waals surface area contributed by atoms with E-state index in [0.717, 1.165) is 22.2 Å². The summed E-state index contributed by atoms with van der Waals surface area (Å²) in [6, 6.07) is 11.2. The second-order valence-electron chi connectivity index (χ2n) is 5.16. The number of fused-ring (bicyclic) bond motifs is 1. The zero-order valence-corrected chi connectivity index (χ0v) is 13.6. The number of carbonyl (C=O) groups is 1. The Morgan fingerprint density at radius 2 is 1.84 bits per heavy atom. The molecule has 0 aliphatic rings. The monoisotopic (exact) mass is 360 g/mol. The quantitative estimate of drug-likeness (QED) is 0.570. The molecule has 25 heavy (non-hydrogen) atoms. The third kappa shape index (κ3) is 3.30. The van der Waals surface area contributed by atoms with E-state index >= 15 is 0 Å². The second-order valence-corrected chi connectivity index (χ2v) is 6.97. The molecule has 1 heterocycles. The lowest BCUT2D eigenvalue weighted by molar-refractivity contribution is -0.138. The van der Waals surface area contributed by atoms with Crippen molar-refractivity contribution < 1.29 is 22.4 Å². The van der Waals surface area contributed by atoms with Crippen molar-refractivity contribution in [1.29, 1.82) is 0 Å². The average Bonchev–Trinajstić information content (AvgIpc) is 3.04. The number of nitrogens with zero attached hydrogens (tertiary/aromatic N) is 1. The highest BCUT2D eigenvalue weighted by Crippen LogP contribution is 2.23. The molecule has 0 aliphatic heterocycles. The molecule has 2 N–H and O–H groups in total. The summed E-state index contributed by atoms with van der Waals surface area (Å²) < 4.78 is 39.6. The summed E-state index contributed by atoms with van der Waals surface area (Å²) in [5, 5.41) is 0.661. The maximum atomic E-state index is 13.0. The van der Waals surface area contributed by atoms with Crippen molar-refractivity contribution in [3.63, 3.8) is 0 Å². The SMILES string of the molecule is NOC(=O)/C=C/c1ccc2c(ccn2S(=O)(=O)c2ccc(F)cc2)c1. The molecule has 0 fully saturated rings. The van der Waals surface area contributed by atoms with E-state index in [1.165, 1.54) is 24.4 Å². The molecule has 0 radical (unpaired) electrons. The number of carbonyl (C=O) groups excluding carboxylic acids is 1. The Kier molecular flexibility index (Phi) is 4.39. The van der Waals surface area contributed by atoms with Crippen LogP contribution in [0.2, 0.25) is 0 Å². The first-order valence-corrected chi connectivity index (χ1v) is 8.57. The van der Waals surface area contributed by atoms with Crippen LogP contribution in [0.15, 0.2) is 65.7 Å². The van der Waals surface area contributed by atoms with Crippen LogP contribution in [0.4, 0.5) is 4.39 Å². The van der Waals surface area contributed by atoms with Gasteiger partial charge < -0.3 is 4.84 Å². The molecule has 0 atom stereocenters. The molecule has 3 rings (SSSR count). The fourth-order valence-corrected chi connectivity index (χ4v) is 3.73. The number of aromatic nitrogens is 1. The van der Waals surface area contributed by atoms with Gasteiger partial charge in [0.15, 0.2) is 0 Å². The fourth-order valence-electron chi connectivity index (χ4n) is 2.37. The van der Waals surface area contributed by atoms with Gasteiger partial charge in [0.2, 0.25) is 0 Å². The maximum Gasteiger partial charge on any atom is 0.349 e. The van der Waals surface area contributed by atoms with Crippen LogP contribution in [0.5, 0.6) is 0 Å². The summed E-state index contributed by atoms with van der Waals surface area (Å²) in [6.07, 6.45) is 4.08. The van der Waals surface area contributed by atoms with Crippen molar-refractivity contribution in [3.8, 4) is 0 Å². The number of hydrogen-bond donors (Lipinski definition) is 1. The first-order chi connectivity index (χ1) is 11.9. The summed E-state index contributed by atoms with van der Waals surface area (Å²) in [5.41, 5.74) is 1.14. The van der Waals surface area contributed by atoms with Crippen LogP contribution in [-0.2, 0) is 19.7 Å². The van der Waals surface area contributed by atoms with E-state index < -0.39 is 21.8 Å². The summed E-state index contributed by atoms with van der Waals surface area (Å²) in [4.78, 5) is 15.0. The van der Waals surface area contributed by atoms with Crippen LogP contribution in [0.3, 0.4) is 0 Å². The Bertz CT molecular complexity index is 1070. The smallest absolute Gasteiger partial charge is 0.349 e. The fraction of sp³-hybridized carbons (Fsp3) is 0. The molecule has 6 nitrogen and oxygen atoms in total. The molecule has 1 aromatic heterocycles. The standard InChI is InChI=1S/C17H13FN2O4S/c18-14-3-5-15(6-4-14)25(22,23)20-10-9-13-11-12(1-7-16(13)20)2-8-17(21)24-19/h1-11H,19H2/b8-2+. The molecule has 128 valence electrons. The van der Waals surface area contributed by atoms with Crippen molar-refractivity contribution in [2.75, 3.05) is 0 Å². The van der Waals surface area contributed by atoms with Crippen molar-refractivity contribution in [3.05, 3.63) is 72.2 Å². The van der Waals surface area contributed by atoms with Crippen LogP contribution in [0, 0.1) is 5.82 Å². The van der Waals surface area contributed by atoms with Gasteiger partial charge in [-0.15, -0.1) is 0 Å². The molecule has 0 bridgehead atoms. The topological polar surface area (TPSA) is 91.4 Å². The molecule has 0 aliphatic carbocycles. The van der Waals surface area contributed by atoms with E-state index in [2.05, 4.69) is 4.84 Å². The minimum atomic E-state index is -3.84. The van der Waals surface area contributed by atoms with E-state index in [0.29, 0.717) is 16.5 Å². The number of hydrogen-bond acceptors (Lipinski definition) is 5. The Morgan fingerprint density at radius 3 is 2.52 bits per heavy atom. The van der Waals surface area contributed by atoms with Gasteiger partial charge in [-0.05, 0) is 54.1 Å². The van der Waals surface area contributed by atoms with Crippen LogP contribution in [0.25, 0.3) is 17.0 Å². The molecule has 3 aromatic rings. The number of rotatable bonds is 4. The van der Waals surface area contributed by atoms with E-state index in [9.17, 15) is 17.6 Å². The lowest BCUT2D eigenvalue weighted by Crippen LogP contribution is -2.11. The van der Waals surface area contributed by atoms with Gasteiger partial charge in [-0.25, -0.2) is 21.6 Å². The summed E-state index contributed by atoms with van der Waals surface area (Å²) in [7, 11) is -3.84. The first kappa shape index (κ1) is 16.9. The highest BCUT2D eigenvalue weighted by molar-refractivity contribution is 7.90. The van der Waals surface area contributed by atoms with Gasteiger partial charge >= 0.3 is 5.97 Å². The molecule has 0 amide bonds. The first-order valence-electron chi connectivity index (χ1n) is 7.13. The second kappa shape index (κ2) is 6.50. The van der Waals surface area contributed by atoms with Crippen LogP contribution in [-0.4, -0.2) is 18.4 Å². The minimum Gasteiger partial charge on any atom is -0.370 e. The van der Waals surface area contributed by atoms with Gasteiger partial charge in [0, 0.05) is 17.7 Å². The molecular formula is C17H13FN2O4S. The highest BCUT2D eigenvalue weighted by atomic mass is 32.2. The van der Waals surface area contributed by atoms with Crippen molar-refractivity contribution in [2.24, 2.45) is 5.90 Å². The lowest BCUT2D eigenvalue weighted by Gasteiger charge is -2.07. The van der Waals surface area contributed by atoms with Crippen LogP contribution < -0.4 is 5.90 Å². The molecule has 0 saturated heterocycles. The van der Waals surface area contributed by atoms with Gasteiger partial charge in [0.05, 0.1) is 10.4 Å². The zero-order chi connectivity index (χ0) is 18.0. The molecular weight excluding hydrogens is 347 g/mol. The number of halogens is 1. The Morgan fingerprint density at radius 1 is 1.12 bits per heavy atom. The van der Waals surface area contributed by atoms with Gasteiger partial charge in [-0.3, -0.25) is 0 Å². The van der Waals surface area contributed by atoms with Crippen molar-refractivity contribution >= 4 is 33.0 Å². The van der Waals surface area contributed by atoms with Crippen LogP contribution >= 0.6 is 0 Å². The summed E-state index contributed by atoms with van der Waals surface area (Å²) >= 11 is 0. The Balaban J connectivity index is 2.02. The van der Waals surface area contributed by atoms with E-state index in [4.69, 9.17) is 5.90 Å². The minimum absolute atomic E-state index is 0.0129. The molecule has 0 saturated carbocycles. The van der Waals surface area contributed by atoms with Gasteiger partial charge in [0.1, 0.15) is 5.82 Å². The average molecular weight is 360 g/mol. The molecule has 0 unspecified atom stereocenters. The predicted octanol–water partition coefficient (Wildman–Crippen LogP) is 2.45. The zero-order valence-electron chi connectivity index (χ0n) is 12.8. The van der Waals surface area contributed by atoms with Crippen molar-refractivity contribution in [1.82, 2.24) is 3.97 Å². The van der Waals surface area contributed by atoms with Gasteiger partial charge in [-0.1, -0.05) is 6.07 Å². The lowest BCUT2D eigenvalue weighted by atomic mass is 10.1. The maximum absolute atomic E-state index is 13.0. The molecule has 0 spiro atoms. The van der Waals surface area contributed by atoms with E-state index in [-0.39, 0.29) is 4.90 Å². The number of nitrogens with two attached hydrogens (primary N) is 1. The molecule has 2 aromatic carbocycles. The summed E-state index contributed by atoms with van der Waals surface area (Å²) in [5.74, 6) is 3.54. The highest BCUT2D eigenvalue weighted by Gasteiger charge is 2.18. The van der Waals surface area contributed by atoms with Gasteiger partial charge in [-0.2, -0.15) is 5.90 Å². The Labute approximate surface area is 142 Å². The number of benzene rings is 2. The van der Waals surface area contributed by atoms with E-state index in [1.807, 2.05) is 0 Å². The normalized spacial score (nSPS) is 11.9. The van der Waals surface area contributed by atoms with Gasteiger partial charge in [0.25, 0.3) is 10.0 Å². The third-order valence-electron chi connectivity index (χ3n) is 3.58. The van der Waals surface area contributed by atoms with Crippen molar-refractivity contribution in [2.45, 2.75) is 4.90 Å². The van der Waals surface area contributed by atoms with E-state index in [1.54, 1.807) is 24.3 Å².